The monoisotopic (exact) mass is 157 g/mol. The van der Waals surface area contributed by atoms with Crippen LogP contribution in [0.3, 0.4) is 0 Å². The van der Waals surface area contributed by atoms with Crippen LogP contribution in [-0.2, 0) is 9.53 Å². The summed E-state index contributed by atoms with van der Waals surface area (Å²) >= 11 is 0. The molecule has 1 rings (SSSR count). The Hall–Kier alpha value is -0.570. The molecule has 0 bridgehead atoms. The van der Waals surface area contributed by atoms with E-state index in [4.69, 9.17) is 4.74 Å². The van der Waals surface area contributed by atoms with E-state index in [-0.39, 0.29) is 18.1 Å². The maximum Gasteiger partial charge on any atom is 0.217 e. The molecule has 1 saturated carbocycles. The fourth-order valence-electron chi connectivity index (χ4n) is 1.63. The van der Waals surface area contributed by atoms with Crippen LogP contribution in [0.25, 0.3) is 0 Å². The summed E-state index contributed by atoms with van der Waals surface area (Å²) in [4.78, 5) is 10.7. The second-order valence-corrected chi connectivity index (χ2v) is 3.01. The summed E-state index contributed by atoms with van der Waals surface area (Å²) in [6.45, 7) is 1.55. The quantitative estimate of drug-likeness (QED) is 0.640. The van der Waals surface area contributed by atoms with Gasteiger partial charge in [-0.15, -0.1) is 0 Å². The Balaban J connectivity index is 2.37. The van der Waals surface area contributed by atoms with Gasteiger partial charge in [0, 0.05) is 14.0 Å². The average Bonchev–Trinajstić information content (AvgIpc) is 2.34. The van der Waals surface area contributed by atoms with Crippen LogP contribution < -0.4 is 5.32 Å². The molecule has 3 heteroatoms. The normalized spacial score (nSPS) is 30.4. The van der Waals surface area contributed by atoms with Gasteiger partial charge in [0.05, 0.1) is 12.1 Å². The molecule has 3 nitrogen and oxygen atoms in total. The summed E-state index contributed by atoms with van der Waals surface area (Å²) in [6.07, 6.45) is 3.52. The van der Waals surface area contributed by atoms with Gasteiger partial charge in [-0.05, 0) is 19.3 Å². The van der Waals surface area contributed by atoms with Crippen molar-refractivity contribution in [1.29, 1.82) is 0 Å². The lowest BCUT2D eigenvalue weighted by Crippen LogP contribution is -2.39. The number of methoxy groups -OCH3 is 1. The summed E-state index contributed by atoms with van der Waals surface area (Å²) in [7, 11) is 1.70. The summed E-state index contributed by atoms with van der Waals surface area (Å²) in [5.74, 6) is 0.0407. The molecule has 0 radical (unpaired) electrons. The Morgan fingerprint density at radius 3 is 2.82 bits per heavy atom. The van der Waals surface area contributed by atoms with Crippen LogP contribution in [0.2, 0.25) is 0 Å². The van der Waals surface area contributed by atoms with E-state index in [9.17, 15) is 4.79 Å². The molecule has 0 aromatic rings. The molecule has 64 valence electrons. The molecular weight excluding hydrogens is 142 g/mol. The zero-order valence-corrected chi connectivity index (χ0v) is 7.09. The Kier molecular flexibility index (Phi) is 2.88. The van der Waals surface area contributed by atoms with Gasteiger partial charge in [-0.1, -0.05) is 0 Å². The summed E-state index contributed by atoms with van der Waals surface area (Å²) in [5.41, 5.74) is 0. The van der Waals surface area contributed by atoms with Crippen molar-refractivity contribution < 1.29 is 9.53 Å². The van der Waals surface area contributed by atoms with E-state index in [1.165, 1.54) is 0 Å². The van der Waals surface area contributed by atoms with Crippen LogP contribution in [0.5, 0.6) is 0 Å². The van der Waals surface area contributed by atoms with E-state index >= 15 is 0 Å². The maximum absolute atomic E-state index is 10.7. The number of carbonyl (C=O) groups excluding carboxylic acids is 1. The van der Waals surface area contributed by atoms with Gasteiger partial charge in [0.25, 0.3) is 0 Å². The number of ether oxygens (including phenoxy) is 1. The number of nitrogens with one attached hydrogen (secondary N) is 1. The SMILES string of the molecule is CO[C@H]1CCC[C@H]1NC(C)=O. The third-order valence-corrected chi connectivity index (χ3v) is 2.14. The Bertz CT molecular complexity index is 147. The number of amides is 1. The minimum absolute atomic E-state index is 0.0407. The van der Waals surface area contributed by atoms with E-state index in [0.29, 0.717) is 0 Å². The van der Waals surface area contributed by atoms with Crippen LogP contribution in [0, 0.1) is 0 Å². The van der Waals surface area contributed by atoms with Gasteiger partial charge in [0.1, 0.15) is 0 Å². The van der Waals surface area contributed by atoms with Crippen molar-refractivity contribution in [1.82, 2.24) is 5.32 Å². The lowest BCUT2D eigenvalue weighted by Gasteiger charge is -2.18. The molecule has 0 aromatic carbocycles. The van der Waals surface area contributed by atoms with Gasteiger partial charge in [-0.25, -0.2) is 0 Å². The van der Waals surface area contributed by atoms with Crippen LogP contribution in [0.1, 0.15) is 26.2 Å². The summed E-state index contributed by atoms with van der Waals surface area (Å²) in [6, 6.07) is 0.248. The van der Waals surface area contributed by atoms with Gasteiger partial charge in [-0.2, -0.15) is 0 Å². The second-order valence-electron chi connectivity index (χ2n) is 3.01. The number of carbonyl (C=O) groups is 1. The van der Waals surface area contributed by atoms with Crippen molar-refractivity contribution in [2.24, 2.45) is 0 Å². The molecule has 11 heavy (non-hydrogen) atoms. The minimum Gasteiger partial charge on any atom is -0.379 e. The molecule has 1 fully saturated rings. The van der Waals surface area contributed by atoms with Crippen molar-refractivity contribution in [2.45, 2.75) is 38.3 Å². The lowest BCUT2D eigenvalue weighted by molar-refractivity contribution is -0.120. The highest BCUT2D eigenvalue weighted by molar-refractivity contribution is 5.73. The number of rotatable bonds is 2. The fourth-order valence-corrected chi connectivity index (χ4v) is 1.63. The molecule has 1 aliphatic carbocycles. The second kappa shape index (κ2) is 3.72. The van der Waals surface area contributed by atoms with Crippen LogP contribution >= 0.6 is 0 Å². The van der Waals surface area contributed by atoms with Crippen molar-refractivity contribution in [3.05, 3.63) is 0 Å². The summed E-state index contributed by atoms with van der Waals surface area (Å²) in [5, 5.41) is 2.88. The third kappa shape index (κ3) is 2.19. The Labute approximate surface area is 67.1 Å². The molecule has 2 atom stereocenters. The van der Waals surface area contributed by atoms with Gasteiger partial charge in [0.15, 0.2) is 0 Å². The van der Waals surface area contributed by atoms with Gasteiger partial charge < -0.3 is 10.1 Å². The molecule has 1 amide bonds. The fraction of sp³-hybridized carbons (Fsp3) is 0.875. The van der Waals surface area contributed by atoms with E-state index in [1.807, 2.05) is 0 Å². The first-order valence-electron chi connectivity index (χ1n) is 4.04. The minimum atomic E-state index is 0.0407. The molecule has 0 heterocycles. The highest BCUT2D eigenvalue weighted by Crippen LogP contribution is 2.21. The highest BCUT2D eigenvalue weighted by atomic mass is 16.5. The van der Waals surface area contributed by atoms with Crippen molar-refractivity contribution in [3.8, 4) is 0 Å². The summed E-state index contributed by atoms with van der Waals surface area (Å²) < 4.78 is 5.21. The van der Waals surface area contributed by atoms with Crippen molar-refractivity contribution >= 4 is 5.91 Å². The highest BCUT2D eigenvalue weighted by Gasteiger charge is 2.27. The van der Waals surface area contributed by atoms with Gasteiger partial charge >= 0.3 is 0 Å². The van der Waals surface area contributed by atoms with Crippen LogP contribution in [0.15, 0.2) is 0 Å². The van der Waals surface area contributed by atoms with Gasteiger partial charge in [-0.3, -0.25) is 4.79 Å². The van der Waals surface area contributed by atoms with Crippen LogP contribution in [-0.4, -0.2) is 25.2 Å². The standard InChI is InChI=1S/C8H15NO2/c1-6(10)9-7-4-3-5-8(7)11-2/h7-8H,3-5H2,1-2H3,(H,9,10)/t7-,8+/m1/s1. The molecule has 0 aliphatic heterocycles. The zero-order valence-electron chi connectivity index (χ0n) is 7.09. The average molecular weight is 157 g/mol. The Morgan fingerprint density at radius 2 is 2.27 bits per heavy atom. The van der Waals surface area contributed by atoms with Crippen LogP contribution in [0.4, 0.5) is 0 Å². The molecule has 0 aromatic heterocycles. The third-order valence-electron chi connectivity index (χ3n) is 2.14. The predicted molar refractivity (Wildman–Crippen MR) is 42.3 cm³/mol. The molecule has 1 N–H and O–H groups in total. The molecule has 0 spiro atoms. The first kappa shape index (κ1) is 8.53. The first-order valence-corrected chi connectivity index (χ1v) is 4.04. The van der Waals surface area contributed by atoms with Crippen molar-refractivity contribution in [3.63, 3.8) is 0 Å². The topological polar surface area (TPSA) is 38.3 Å². The molecule has 0 saturated heterocycles. The molecule has 0 unspecified atom stereocenters. The van der Waals surface area contributed by atoms with E-state index in [0.717, 1.165) is 19.3 Å². The van der Waals surface area contributed by atoms with E-state index in [2.05, 4.69) is 5.32 Å². The maximum atomic E-state index is 10.7. The molecule has 1 aliphatic rings. The largest absolute Gasteiger partial charge is 0.379 e. The van der Waals surface area contributed by atoms with Gasteiger partial charge in [0.2, 0.25) is 5.91 Å². The number of hydrogen-bond acceptors (Lipinski definition) is 2. The first-order chi connectivity index (χ1) is 5.24. The predicted octanol–water partition coefficient (Wildman–Crippen LogP) is 0.690. The van der Waals surface area contributed by atoms with E-state index in [1.54, 1.807) is 14.0 Å². The lowest BCUT2D eigenvalue weighted by atomic mass is 10.2. The zero-order chi connectivity index (χ0) is 8.27. The smallest absolute Gasteiger partial charge is 0.217 e. The van der Waals surface area contributed by atoms with Crippen molar-refractivity contribution in [2.75, 3.05) is 7.11 Å². The Morgan fingerprint density at radius 1 is 1.55 bits per heavy atom. The van der Waals surface area contributed by atoms with E-state index < -0.39 is 0 Å². The molecular formula is C8H15NO2. The number of hydrogen-bond donors (Lipinski definition) is 1.